The highest BCUT2D eigenvalue weighted by Crippen LogP contribution is 2.32. The number of hydrogen-bond acceptors (Lipinski definition) is 3. The summed E-state index contributed by atoms with van der Waals surface area (Å²) in [4.78, 5) is 20.6. The van der Waals surface area contributed by atoms with Crippen LogP contribution in [0.4, 0.5) is 5.69 Å². The number of carbonyl (C=O) groups is 1. The van der Waals surface area contributed by atoms with Gasteiger partial charge < -0.3 is 14.9 Å². The molecular formula is C20H16N4OS. The van der Waals surface area contributed by atoms with Gasteiger partial charge in [0.05, 0.1) is 11.4 Å². The summed E-state index contributed by atoms with van der Waals surface area (Å²) in [5.41, 5.74) is 4.08. The van der Waals surface area contributed by atoms with Crippen LogP contribution in [-0.2, 0) is 6.54 Å². The van der Waals surface area contributed by atoms with Crippen LogP contribution in [0.5, 0.6) is 0 Å². The number of nitrogens with zero attached hydrogens (tertiary/aromatic N) is 2. The van der Waals surface area contributed by atoms with Crippen molar-refractivity contribution in [1.82, 2.24) is 14.5 Å². The van der Waals surface area contributed by atoms with Gasteiger partial charge in [-0.1, -0.05) is 48.2 Å². The lowest BCUT2D eigenvalue weighted by Crippen LogP contribution is -2.13. The lowest BCUT2D eigenvalue weighted by molar-refractivity contribution is 0.102. The number of amides is 1. The molecule has 26 heavy (non-hydrogen) atoms. The molecule has 5 rings (SSSR count). The first kappa shape index (κ1) is 15.3. The lowest BCUT2D eigenvalue weighted by Gasteiger charge is -2.09. The Hall–Kier alpha value is -2.99. The van der Waals surface area contributed by atoms with E-state index in [1.165, 1.54) is 0 Å². The lowest BCUT2D eigenvalue weighted by atomic mass is 10.1. The van der Waals surface area contributed by atoms with Crippen molar-refractivity contribution >= 4 is 34.3 Å². The molecular weight excluding hydrogens is 344 g/mol. The molecule has 1 aliphatic rings. The number of para-hydroxylation sites is 2. The van der Waals surface area contributed by atoms with Gasteiger partial charge in [0.2, 0.25) is 0 Å². The minimum atomic E-state index is -0.158. The van der Waals surface area contributed by atoms with E-state index in [0.717, 1.165) is 45.3 Å². The number of aromatic nitrogens is 3. The smallest absolute Gasteiger partial charge is 0.272 e. The number of H-pyrrole nitrogens is 1. The number of hydrogen-bond donors (Lipinski definition) is 2. The summed E-state index contributed by atoms with van der Waals surface area (Å²) in [5, 5.41) is 5.09. The van der Waals surface area contributed by atoms with E-state index < -0.39 is 0 Å². The number of aromatic amines is 1. The highest BCUT2D eigenvalue weighted by molar-refractivity contribution is 7.99. The summed E-state index contributed by atoms with van der Waals surface area (Å²) in [6, 6.07) is 17.5. The van der Waals surface area contributed by atoms with E-state index in [1.54, 1.807) is 11.8 Å². The monoisotopic (exact) mass is 360 g/mol. The third kappa shape index (κ3) is 2.59. The van der Waals surface area contributed by atoms with Crippen molar-refractivity contribution in [2.45, 2.75) is 11.7 Å². The molecule has 0 fully saturated rings. The molecule has 1 aliphatic heterocycles. The van der Waals surface area contributed by atoms with Gasteiger partial charge >= 0.3 is 0 Å². The SMILES string of the molecule is O=C(Nc1ccccc1-c1cn2c(n1)SCC2)c1cc2ccccc2[nH]1. The largest absolute Gasteiger partial charge is 0.351 e. The molecule has 0 atom stereocenters. The molecule has 0 bridgehead atoms. The van der Waals surface area contributed by atoms with E-state index in [2.05, 4.69) is 21.1 Å². The standard InChI is InChI=1S/C20H16N4OS/c25-19(17-11-13-5-1-3-7-15(13)21-17)22-16-8-4-2-6-14(16)18-12-24-9-10-26-20(24)23-18/h1-8,11-12,21H,9-10H2,(H,22,25). The number of imidazole rings is 1. The maximum atomic E-state index is 12.7. The molecule has 0 unspecified atom stereocenters. The Balaban J connectivity index is 1.47. The van der Waals surface area contributed by atoms with Crippen LogP contribution in [0.2, 0.25) is 0 Å². The van der Waals surface area contributed by atoms with Gasteiger partial charge in [0.1, 0.15) is 5.69 Å². The number of anilines is 1. The average Bonchev–Trinajstić information content (AvgIpc) is 3.36. The predicted octanol–water partition coefficient (Wildman–Crippen LogP) is 4.39. The number of aryl methyl sites for hydroxylation is 1. The molecule has 3 heterocycles. The second kappa shape index (κ2) is 6.07. The quantitative estimate of drug-likeness (QED) is 0.570. The van der Waals surface area contributed by atoms with Crippen LogP contribution in [0, 0.1) is 0 Å². The summed E-state index contributed by atoms with van der Waals surface area (Å²) in [5.74, 6) is 0.913. The van der Waals surface area contributed by atoms with Gasteiger partial charge in [0.15, 0.2) is 5.16 Å². The number of carbonyl (C=O) groups excluding carboxylic acids is 1. The van der Waals surface area contributed by atoms with Crippen molar-refractivity contribution in [3.63, 3.8) is 0 Å². The second-order valence-corrected chi connectivity index (χ2v) is 7.28. The van der Waals surface area contributed by atoms with E-state index in [9.17, 15) is 4.79 Å². The van der Waals surface area contributed by atoms with Gasteiger partial charge in [-0.05, 0) is 18.2 Å². The zero-order valence-electron chi connectivity index (χ0n) is 13.9. The third-order valence-electron chi connectivity index (χ3n) is 4.53. The Morgan fingerprint density at radius 1 is 1.15 bits per heavy atom. The molecule has 5 nitrogen and oxygen atoms in total. The van der Waals surface area contributed by atoms with E-state index in [0.29, 0.717) is 5.69 Å². The van der Waals surface area contributed by atoms with E-state index in [4.69, 9.17) is 4.98 Å². The van der Waals surface area contributed by atoms with Crippen molar-refractivity contribution in [3.8, 4) is 11.3 Å². The van der Waals surface area contributed by atoms with Crippen LogP contribution in [0.15, 0.2) is 66.0 Å². The zero-order chi connectivity index (χ0) is 17.5. The van der Waals surface area contributed by atoms with E-state index in [1.807, 2.05) is 54.6 Å². The van der Waals surface area contributed by atoms with E-state index in [-0.39, 0.29) is 5.91 Å². The summed E-state index contributed by atoms with van der Waals surface area (Å²) in [6.45, 7) is 0.983. The van der Waals surface area contributed by atoms with Crippen LogP contribution in [-0.4, -0.2) is 26.2 Å². The fourth-order valence-corrected chi connectivity index (χ4v) is 4.18. The maximum absolute atomic E-state index is 12.7. The molecule has 0 aliphatic carbocycles. The molecule has 0 radical (unpaired) electrons. The van der Waals surface area contributed by atoms with Gasteiger partial charge in [0, 0.05) is 35.0 Å². The van der Waals surface area contributed by atoms with Crippen molar-refractivity contribution in [2.24, 2.45) is 0 Å². The third-order valence-corrected chi connectivity index (χ3v) is 5.50. The van der Waals surface area contributed by atoms with Gasteiger partial charge in [-0.3, -0.25) is 4.79 Å². The zero-order valence-corrected chi connectivity index (χ0v) is 14.7. The van der Waals surface area contributed by atoms with Gasteiger partial charge in [-0.15, -0.1) is 0 Å². The molecule has 128 valence electrons. The van der Waals surface area contributed by atoms with Crippen LogP contribution < -0.4 is 5.32 Å². The number of fused-ring (bicyclic) bond motifs is 2. The second-order valence-electron chi connectivity index (χ2n) is 6.22. The van der Waals surface area contributed by atoms with Crippen LogP contribution in [0.1, 0.15) is 10.5 Å². The number of rotatable bonds is 3. The van der Waals surface area contributed by atoms with Gasteiger partial charge in [-0.2, -0.15) is 0 Å². The van der Waals surface area contributed by atoms with Crippen molar-refractivity contribution in [3.05, 3.63) is 66.5 Å². The Morgan fingerprint density at radius 3 is 2.88 bits per heavy atom. The normalized spacial score (nSPS) is 13.1. The molecule has 2 N–H and O–H groups in total. The van der Waals surface area contributed by atoms with E-state index >= 15 is 0 Å². The molecule has 0 saturated carbocycles. The summed E-state index contributed by atoms with van der Waals surface area (Å²) >= 11 is 1.76. The van der Waals surface area contributed by atoms with Crippen LogP contribution in [0.3, 0.4) is 0 Å². The fourth-order valence-electron chi connectivity index (χ4n) is 3.24. The molecule has 4 aromatic rings. The Kier molecular flexibility index (Phi) is 3.57. The van der Waals surface area contributed by atoms with Crippen molar-refractivity contribution < 1.29 is 4.79 Å². The first-order valence-corrected chi connectivity index (χ1v) is 9.45. The summed E-state index contributed by atoms with van der Waals surface area (Å²) < 4.78 is 2.16. The number of nitrogens with one attached hydrogen (secondary N) is 2. The first-order chi connectivity index (χ1) is 12.8. The number of thioether (sulfide) groups is 1. The minimum Gasteiger partial charge on any atom is -0.351 e. The molecule has 0 spiro atoms. The van der Waals surface area contributed by atoms with Crippen molar-refractivity contribution in [2.75, 3.05) is 11.1 Å². The highest BCUT2D eigenvalue weighted by Gasteiger charge is 2.18. The number of benzene rings is 2. The molecule has 6 heteroatoms. The van der Waals surface area contributed by atoms with Crippen LogP contribution >= 0.6 is 11.8 Å². The fraction of sp³-hybridized carbons (Fsp3) is 0.100. The summed E-state index contributed by atoms with van der Waals surface area (Å²) in [7, 11) is 0. The van der Waals surface area contributed by atoms with Crippen molar-refractivity contribution in [1.29, 1.82) is 0 Å². The Morgan fingerprint density at radius 2 is 2.00 bits per heavy atom. The molecule has 2 aromatic heterocycles. The Labute approximate surface area is 154 Å². The topological polar surface area (TPSA) is 62.7 Å². The predicted molar refractivity (Wildman–Crippen MR) is 105 cm³/mol. The van der Waals surface area contributed by atoms with Crippen LogP contribution in [0.25, 0.3) is 22.2 Å². The van der Waals surface area contributed by atoms with Gasteiger partial charge in [0.25, 0.3) is 5.91 Å². The highest BCUT2D eigenvalue weighted by atomic mass is 32.2. The minimum absolute atomic E-state index is 0.158. The Bertz CT molecular complexity index is 1070. The van der Waals surface area contributed by atoms with Gasteiger partial charge in [-0.25, -0.2) is 4.98 Å². The summed E-state index contributed by atoms with van der Waals surface area (Å²) in [6.07, 6.45) is 2.06. The molecule has 1 amide bonds. The first-order valence-electron chi connectivity index (χ1n) is 8.46. The molecule has 2 aromatic carbocycles. The average molecular weight is 360 g/mol. The molecule has 0 saturated heterocycles. The maximum Gasteiger partial charge on any atom is 0.272 e.